The van der Waals surface area contributed by atoms with Crippen molar-refractivity contribution in [1.82, 2.24) is 19.8 Å². The number of rotatable bonds is 11. The minimum Gasteiger partial charge on any atom is -0.493 e. The second-order valence-electron chi connectivity index (χ2n) is 9.52. The number of likely N-dealkylation sites (N-methyl/N-ethyl adjacent to an activating group) is 1. The van der Waals surface area contributed by atoms with Crippen molar-refractivity contribution in [2.75, 3.05) is 63.7 Å². The monoisotopic (exact) mass is 554 g/mol. The molecule has 0 atom stereocenters. The maximum Gasteiger partial charge on any atom is 0.413 e. The summed E-state index contributed by atoms with van der Waals surface area (Å²) in [5.41, 5.74) is 2.41. The van der Waals surface area contributed by atoms with Crippen LogP contribution in [0.5, 0.6) is 11.5 Å². The van der Waals surface area contributed by atoms with Gasteiger partial charge in [0.1, 0.15) is 5.82 Å². The summed E-state index contributed by atoms with van der Waals surface area (Å²) in [5, 5.41) is 13.6. The van der Waals surface area contributed by atoms with Crippen LogP contribution < -0.4 is 19.7 Å². The number of nitrogens with zero attached hydrogens (tertiary/aromatic N) is 5. The molecule has 2 heterocycles. The van der Waals surface area contributed by atoms with Crippen LogP contribution in [0.15, 0.2) is 48.7 Å². The molecule has 0 aliphatic carbocycles. The summed E-state index contributed by atoms with van der Waals surface area (Å²) < 4.78 is 11.5. The number of anilines is 3. The first kappa shape index (κ1) is 28.4. The van der Waals surface area contributed by atoms with E-state index in [0.717, 1.165) is 55.2 Å². The Labute approximate surface area is 234 Å². The number of hydrogen-bond donors (Lipinski definition) is 2. The number of hydrogen-bond acceptors (Lipinski definition) is 8. The molecule has 3 aromatic rings. The Morgan fingerprint density at radius 3 is 2.67 bits per heavy atom. The third-order valence-corrected chi connectivity index (χ3v) is 6.91. The second-order valence-corrected chi connectivity index (χ2v) is 9.95. The normalized spacial score (nSPS) is 14.2. The quantitative estimate of drug-likeness (QED) is 0.320. The molecule has 10 nitrogen and oxygen atoms in total. The summed E-state index contributed by atoms with van der Waals surface area (Å²) in [6.45, 7) is 8.00. The van der Waals surface area contributed by atoms with E-state index in [1.165, 1.54) is 6.20 Å². The van der Waals surface area contributed by atoms with Gasteiger partial charge >= 0.3 is 6.09 Å². The number of carbonyl (C=O) groups is 1. The van der Waals surface area contributed by atoms with Gasteiger partial charge in [0.15, 0.2) is 11.5 Å². The molecule has 0 unspecified atom stereocenters. The van der Waals surface area contributed by atoms with Crippen molar-refractivity contribution in [3.8, 4) is 11.5 Å². The zero-order valence-corrected chi connectivity index (χ0v) is 23.3. The van der Waals surface area contributed by atoms with Crippen LogP contribution >= 0.6 is 11.6 Å². The molecule has 1 aromatic heterocycles. The fourth-order valence-electron chi connectivity index (χ4n) is 4.32. The van der Waals surface area contributed by atoms with Gasteiger partial charge in [-0.15, -0.1) is 0 Å². The topological polar surface area (TPSA) is 103 Å². The number of methoxy groups -OCH3 is 1. The van der Waals surface area contributed by atoms with E-state index in [-0.39, 0.29) is 18.3 Å². The zero-order valence-electron chi connectivity index (χ0n) is 22.6. The van der Waals surface area contributed by atoms with E-state index in [4.69, 9.17) is 21.1 Å². The van der Waals surface area contributed by atoms with Crippen LogP contribution in [0.4, 0.5) is 22.2 Å². The summed E-state index contributed by atoms with van der Waals surface area (Å²) in [4.78, 5) is 26.7. The smallest absolute Gasteiger partial charge is 0.413 e. The third kappa shape index (κ3) is 7.95. The van der Waals surface area contributed by atoms with Gasteiger partial charge in [0.05, 0.1) is 20.3 Å². The Kier molecular flexibility index (Phi) is 9.80. The molecule has 208 valence electrons. The van der Waals surface area contributed by atoms with E-state index in [1.807, 2.05) is 25.1 Å². The first-order valence-corrected chi connectivity index (χ1v) is 13.3. The van der Waals surface area contributed by atoms with Crippen molar-refractivity contribution >= 4 is 35.1 Å². The van der Waals surface area contributed by atoms with E-state index in [9.17, 15) is 9.90 Å². The van der Waals surface area contributed by atoms with Gasteiger partial charge < -0.3 is 29.7 Å². The Morgan fingerprint density at radius 1 is 1.13 bits per heavy atom. The van der Waals surface area contributed by atoms with Crippen LogP contribution in [-0.4, -0.2) is 84.5 Å². The molecule has 4 rings (SSSR count). The first-order chi connectivity index (χ1) is 18.8. The Morgan fingerprint density at radius 2 is 1.92 bits per heavy atom. The summed E-state index contributed by atoms with van der Waals surface area (Å²) >= 11 is 6.13. The van der Waals surface area contributed by atoms with Crippen LogP contribution in [0, 0.1) is 6.92 Å². The fourth-order valence-corrected chi connectivity index (χ4v) is 4.52. The molecule has 1 aliphatic rings. The van der Waals surface area contributed by atoms with Crippen molar-refractivity contribution in [3.05, 3.63) is 64.8 Å². The molecular weight excluding hydrogens is 520 g/mol. The van der Waals surface area contributed by atoms with Gasteiger partial charge in [-0.05, 0) is 61.9 Å². The van der Waals surface area contributed by atoms with E-state index >= 15 is 0 Å². The number of carboxylic acid groups (broad SMARTS) is 1. The van der Waals surface area contributed by atoms with E-state index < -0.39 is 6.09 Å². The average molecular weight is 555 g/mol. The van der Waals surface area contributed by atoms with Crippen LogP contribution in [0.3, 0.4) is 0 Å². The van der Waals surface area contributed by atoms with E-state index in [2.05, 4.69) is 32.1 Å². The Hall–Kier alpha value is -3.60. The Bertz CT molecular complexity index is 1270. The van der Waals surface area contributed by atoms with Crippen molar-refractivity contribution in [1.29, 1.82) is 0 Å². The van der Waals surface area contributed by atoms with E-state index in [0.29, 0.717) is 28.8 Å². The number of benzene rings is 2. The third-order valence-electron chi connectivity index (χ3n) is 6.68. The van der Waals surface area contributed by atoms with Crippen molar-refractivity contribution in [2.24, 2.45) is 0 Å². The predicted octanol–water partition coefficient (Wildman–Crippen LogP) is 4.89. The SMILES string of the molecule is COc1cc(Nc2nccc(N(Cc3cc(Cl)ccc3C)C(=O)O)n2)ccc1OCCCN1CCN(C)CC1. The zero-order chi connectivity index (χ0) is 27.8. The molecule has 0 spiro atoms. The van der Waals surface area contributed by atoms with Gasteiger partial charge in [-0.2, -0.15) is 4.98 Å². The molecule has 2 aromatic carbocycles. The van der Waals surface area contributed by atoms with Gasteiger partial charge in [0.2, 0.25) is 5.95 Å². The minimum atomic E-state index is -1.13. The molecule has 0 bridgehead atoms. The number of halogens is 1. The molecule has 1 fully saturated rings. The second kappa shape index (κ2) is 13.5. The van der Waals surface area contributed by atoms with Gasteiger partial charge in [-0.1, -0.05) is 17.7 Å². The van der Waals surface area contributed by atoms with Crippen LogP contribution in [0.2, 0.25) is 5.02 Å². The van der Waals surface area contributed by atoms with Gasteiger partial charge in [-0.25, -0.2) is 9.78 Å². The number of nitrogens with one attached hydrogen (secondary N) is 1. The maximum absolute atomic E-state index is 12.1. The van der Waals surface area contributed by atoms with Crippen LogP contribution in [0.25, 0.3) is 0 Å². The van der Waals surface area contributed by atoms with Gasteiger partial charge in [-0.3, -0.25) is 4.90 Å². The van der Waals surface area contributed by atoms with Gasteiger partial charge in [0, 0.05) is 55.7 Å². The molecule has 2 N–H and O–H groups in total. The lowest BCUT2D eigenvalue weighted by molar-refractivity contribution is 0.145. The Balaban J connectivity index is 1.39. The molecule has 39 heavy (non-hydrogen) atoms. The average Bonchev–Trinajstić information content (AvgIpc) is 2.93. The summed E-state index contributed by atoms with van der Waals surface area (Å²) in [7, 11) is 3.75. The highest BCUT2D eigenvalue weighted by Crippen LogP contribution is 2.31. The van der Waals surface area contributed by atoms with Crippen molar-refractivity contribution in [2.45, 2.75) is 19.9 Å². The number of ether oxygens (including phenoxy) is 2. The molecule has 0 radical (unpaired) electrons. The molecule has 1 aliphatic heterocycles. The summed E-state index contributed by atoms with van der Waals surface area (Å²) in [6, 6.07) is 12.4. The molecule has 1 saturated heterocycles. The molecule has 1 amide bonds. The largest absolute Gasteiger partial charge is 0.493 e. The van der Waals surface area contributed by atoms with Crippen molar-refractivity contribution in [3.63, 3.8) is 0 Å². The minimum absolute atomic E-state index is 0.104. The lowest BCUT2D eigenvalue weighted by Gasteiger charge is -2.32. The first-order valence-electron chi connectivity index (χ1n) is 12.9. The number of aromatic nitrogens is 2. The highest BCUT2D eigenvalue weighted by atomic mass is 35.5. The lowest BCUT2D eigenvalue weighted by atomic mass is 10.1. The van der Waals surface area contributed by atoms with Crippen molar-refractivity contribution < 1.29 is 19.4 Å². The highest BCUT2D eigenvalue weighted by molar-refractivity contribution is 6.30. The number of aryl methyl sites for hydroxylation is 1. The molecule has 11 heteroatoms. The maximum atomic E-state index is 12.1. The summed E-state index contributed by atoms with van der Waals surface area (Å²) in [6.07, 6.45) is 1.32. The van der Waals surface area contributed by atoms with Crippen LogP contribution in [-0.2, 0) is 6.54 Å². The number of piperazine rings is 1. The number of amides is 1. The molecule has 0 saturated carbocycles. The van der Waals surface area contributed by atoms with Crippen LogP contribution in [0.1, 0.15) is 17.5 Å². The fraction of sp³-hybridized carbons (Fsp3) is 0.393. The standard InChI is InChI=1S/C28H35ClN6O4/c1-20-5-6-22(29)17-21(20)19-35(28(36)37)26-9-10-30-27(32-26)31-23-7-8-24(25(18-23)38-3)39-16-4-11-34-14-12-33(2)13-15-34/h5-10,17-18H,4,11-16,19H2,1-3H3,(H,36,37)(H,30,31,32). The highest BCUT2D eigenvalue weighted by Gasteiger charge is 2.19. The summed E-state index contributed by atoms with van der Waals surface area (Å²) in [5.74, 6) is 1.74. The van der Waals surface area contributed by atoms with Gasteiger partial charge in [0.25, 0.3) is 0 Å². The van der Waals surface area contributed by atoms with E-state index in [1.54, 1.807) is 31.4 Å². The lowest BCUT2D eigenvalue weighted by Crippen LogP contribution is -2.44. The molecular formula is C28H35ClN6O4. The predicted molar refractivity (Wildman–Crippen MR) is 153 cm³/mol.